The molecule has 0 spiro atoms. The molecule has 2 nitrogen and oxygen atoms in total. The summed E-state index contributed by atoms with van der Waals surface area (Å²) in [5, 5.41) is 5.08. The van der Waals surface area contributed by atoms with Crippen LogP contribution in [-0.4, -0.2) is 0 Å². The highest BCUT2D eigenvalue weighted by Gasteiger charge is 2.20. The molecule has 12 aromatic rings. The van der Waals surface area contributed by atoms with Gasteiger partial charge in [0.15, 0.2) is 0 Å². The highest BCUT2D eigenvalue weighted by atomic mass is 15.1. The second-order valence-corrected chi connectivity index (χ2v) is 21.6. The van der Waals surface area contributed by atoms with E-state index >= 15 is 0 Å². The van der Waals surface area contributed by atoms with Crippen molar-refractivity contribution in [2.75, 3.05) is 9.80 Å². The van der Waals surface area contributed by atoms with E-state index in [0.29, 0.717) is 0 Å². The van der Waals surface area contributed by atoms with Gasteiger partial charge in [0.2, 0.25) is 0 Å². The van der Waals surface area contributed by atoms with Gasteiger partial charge in [-0.1, -0.05) is 200 Å². The maximum Gasteiger partial charge on any atom is 0.0467 e. The van der Waals surface area contributed by atoms with Gasteiger partial charge in [-0.3, -0.25) is 0 Å². The molecule has 12 aromatic carbocycles. The number of rotatable bonds is 11. The molecule has 0 bridgehead atoms. The molecule has 1 saturated carbocycles. The zero-order valence-electron chi connectivity index (χ0n) is 46.3. The predicted octanol–water partition coefficient (Wildman–Crippen LogP) is 22.3. The van der Waals surface area contributed by atoms with Gasteiger partial charge in [-0.25, -0.2) is 0 Å². The molecular weight excluding hydrogens is 953 g/mol. The van der Waals surface area contributed by atoms with Crippen LogP contribution < -0.4 is 9.80 Å². The second kappa shape index (κ2) is 22.0. The number of benzene rings is 12. The van der Waals surface area contributed by atoms with Gasteiger partial charge in [0.05, 0.1) is 0 Å². The van der Waals surface area contributed by atoms with E-state index in [1.54, 1.807) is 0 Å². The van der Waals surface area contributed by atoms with Gasteiger partial charge >= 0.3 is 0 Å². The summed E-state index contributed by atoms with van der Waals surface area (Å²) in [6, 6.07) is 93.7. The summed E-state index contributed by atoms with van der Waals surface area (Å²) < 4.78 is 0. The average molecular weight is 1020 g/mol. The van der Waals surface area contributed by atoms with Crippen LogP contribution in [0.2, 0.25) is 0 Å². The molecule has 1 aliphatic carbocycles. The lowest BCUT2D eigenvalue weighted by Gasteiger charge is -2.26. The van der Waals surface area contributed by atoms with Gasteiger partial charge in [0.1, 0.15) is 0 Å². The third-order valence-electron chi connectivity index (χ3n) is 15.6. The first-order valence-electron chi connectivity index (χ1n) is 28.0. The number of anilines is 6. The first-order valence-corrected chi connectivity index (χ1v) is 28.0. The van der Waals surface area contributed by atoms with E-state index in [9.17, 15) is 0 Å². The average Bonchev–Trinajstić information content (AvgIpc) is 4.53. The Kier molecular flexibility index (Phi) is 14.1. The standard InChI is InChI=1S/C74H60N2.C3H6/c1-49-23-33-63(34-24-49)75(65-37-27-57(28-38-65)55-15-9-7-10-16-55)67-21-13-19-59(45-67)61-31-41-69-71(47-61)51(3)43-53(5)73(69)74-54(6)44-52(4)72-48-62(32-42-70(72)74)60-20-14-22-68(46-60)76(64-35-25-50(2)26-36-64)66-39-29-58(30-40-66)56-17-11-8-12-18-56;1-2-3-1/h7-48H,1-6H3;1-3H2. The van der Waals surface area contributed by atoms with E-state index in [1.807, 2.05) is 0 Å². The zero-order chi connectivity index (χ0) is 54.0. The van der Waals surface area contributed by atoms with Crippen molar-refractivity contribution in [3.05, 3.63) is 288 Å². The van der Waals surface area contributed by atoms with E-state index in [2.05, 4.69) is 306 Å². The molecule has 1 aliphatic rings. The van der Waals surface area contributed by atoms with Crippen LogP contribution in [0.5, 0.6) is 0 Å². The first kappa shape index (κ1) is 50.6. The fraction of sp³-hybridized carbons (Fsp3) is 0.117. The molecule has 0 N–H and O–H groups in total. The number of hydrogen-bond acceptors (Lipinski definition) is 2. The quantitative estimate of drug-likeness (QED) is 0.127. The summed E-state index contributed by atoms with van der Waals surface area (Å²) in [5.74, 6) is 0. The van der Waals surface area contributed by atoms with Gasteiger partial charge in [0.25, 0.3) is 0 Å². The molecule has 0 aromatic heterocycles. The van der Waals surface area contributed by atoms with Crippen molar-refractivity contribution in [3.63, 3.8) is 0 Å². The fourth-order valence-corrected chi connectivity index (χ4v) is 11.4. The molecule has 0 atom stereocenters. The summed E-state index contributed by atoms with van der Waals surface area (Å²) >= 11 is 0. The molecule has 0 amide bonds. The lowest BCUT2D eigenvalue weighted by Crippen LogP contribution is -2.10. The monoisotopic (exact) mass is 1020 g/mol. The normalized spacial score (nSPS) is 11.8. The van der Waals surface area contributed by atoms with Crippen molar-refractivity contribution in [3.8, 4) is 55.6 Å². The Labute approximate surface area is 467 Å². The number of hydrogen-bond donors (Lipinski definition) is 0. The van der Waals surface area contributed by atoms with Crippen molar-refractivity contribution < 1.29 is 0 Å². The Morgan fingerprint density at radius 2 is 0.519 bits per heavy atom. The number of aryl methyl sites for hydroxylation is 6. The number of fused-ring (bicyclic) bond motifs is 2. The Morgan fingerprint density at radius 3 is 0.873 bits per heavy atom. The molecule has 0 unspecified atom stereocenters. The van der Waals surface area contributed by atoms with Crippen LogP contribution in [0.4, 0.5) is 34.1 Å². The maximum absolute atomic E-state index is 2.41. The van der Waals surface area contributed by atoms with E-state index < -0.39 is 0 Å². The summed E-state index contributed by atoms with van der Waals surface area (Å²) in [7, 11) is 0. The van der Waals surface area contributed by atoms with Crippen LogP contribution in [0.25, 0.3) is 77.2 Å². The van der Waals surface area contributed by atoms with Crippen LogP contribution >= 0.6 is 0 Å². The summed E-state index contributed by atoms with van der Waals surface area (Å²) in [6.07, 6.45) is 4.50. The van der Waals surface area contributed by atoms with Crippen LogP contribution in [0.1, 0.15) is 52.6 Å². The van der Waals surface area contributed by atoms with Gasteiger partial charge in [0, 0.05) is 34.1 Å². The Morgan fingerprint density at radius 1 is 0.215 bits per heavy atom. The molecule has 0 heterocycles. The first-order chi connectivity index (χ1) is 38.6. The van der Waals surface area contributed by atoms with Crippen molar-refractivity contribution in [1.82, 2.24) is 0 Å². The zero-order valence-corrected chi connectivity index (χ0v) is 46.3. The molecule has 0 aliphatic heterocycles. The second-order valence-electron chi connectivity index (χ2n) is 21.6. The number of nitrogens with zero attached hydrogens (tertiary/aromatic N) is 2. The largest absolute Gasteiger partial charge is 0.310 e. The molecule has 384 valence electrons. The minimum absolute atomic E-state index is 1.11. The highest BCUT2D eigenvalue weighted by Crippen LogP contribution is 2.45. The highest BCUT2D eigenvalue weighted by molar-refractivity contribution is 6.10. The molecule has 2 heteroatoms. The molecular formula is C77H66N2. The fourth-order valence-electron chi connectivity index (χ4n) is 11.4. The summed E-state index contributed by atoms with van der Waals surface area (Å²) in [4.78, 5) is 4.73. The molecule has 0 radical (unpaired) electrons. The maximum atomic E-state index is 2.41. The summed E-state index contributed by atoms with van der Waals surface area (Å²) in [5.41, 5.74) is 26.4. The lowest BCUT2D eigenvalue weighted by molar-refractivity contribution is 1.27. The van der Waals surface area contributed by atoms with Gasteiger partial charge in [-0.2, -0.15) is 0 Å². The Balaban J connectivity index is 0.00000201. The Bertz CT molecular complexity index is 3840. The van der Waals surface area contributed by atoms with E-state index in [-0.39, 0.29) is 0 Å². The van der Waals surface area contributed by atoms with Crippen molar-refractivity contribution >= 4 is 55.7 Å². The summed E-state index contributed by atoms with van der Waals surface area (Å²) in [6.45, 7) is 13.4. The van der Waals surface area contributed by atoms with Crippen molar-refractivity contribution in [2.45, 2.75) is 60.8 Å². The van der Waals surface area contributed by atoms with Gasteiger partial charge < -0.3 is 9.80 Å². The van der Waals surface area contributed by atoms with Crippen LogP contribution in [0, 0.1) is 41.5 Å². The van der Waals surface area contributed by atoms with Gasteiger partial charge in [-0.05, 0) is 226 Å². The molecule has 13 rings (SSSR count). The van der Waals surface area contributed by atoms with Crippen LogP contribution in [0.3, 0.4) is 0 Å². The smallest absolute Gasteiger partial charge is 0.0467 e. The molecule has 0 saturated heterocycles. The van der Waals surface area contributed by atoms with Gasteiger partial charge in [-0.15, -0.1) is 0 Å². The van der Waals surface area contributed by atoms with Crippen LogP contribution in [0.15, 0.2) is 255 Å². The minimum Gasteiger partial charge on any atom is -0.310 e. The van der Waals surface area contributed by atoms with E-state index in [0.717, 1.165) is 34.1 Å². The third-order valence-corrected chi connectivity index (χ3v) is 15.6. The third kappa shape index (κ3) is 10.6. The molecule has 79 heavy (non-hydrogen) atoms. The van der Waals surface area contributed by atoms with Crippen molar-refractivity contribution in [2.24, 2.45) is 0 Å². The van der Waals surface area contributed by atoms with E-state index in [1.165, 1.54) is 130 Å². The Hall–Kier alpha value is -9.24. The minimum atomic E-state index is 1.11. The van der Waals surface area contributed by atoms with Crippen molar-refractivity contribution in [1.29, 1.82) is 0 Å². The van der Waals surface area contributed by atoms with E-state index in [4.69, 9.17) is 0 Å². The SMILES string of the molecule is C1CC1.Cc1ccc(N(c2ccc(-c3ccccc3)cc2)c2cccc(-c3ccc4c(-c5c(C)cc(C)c6cc(-c7cccc(N(c8ccc(C)cc8)c8ccc(-c9ccccc9)cc8)c7)ccc56)c(C)cc(C)c4c3)c2)cc1. The van der Waals surface area contributed by atoms with Crippen LogP contribution in [-0.2, 0) is 0 Å². The molecule has 1 fully saturated rings. The topological polar surface area (TPSA) is 6.48 Å². The lowest BCUT2D eigenvalue weighted by atomic mass is 9.84. The predicted molar refractivity (Wildman–Crippen MR) is 340 cm³/mol.